The van der Waals surface area contributed by atoms with E-state index in [0.29, 0.717) is 42.3 Å². The van der Waals surface area contributed by atoms with Crippen LogP contribution in [0.1, 0.15) is 92.0 Å². The molecular weight excluding hydrogens is 548 g/mol. The number of fused-ring (bicyclic) bond motifs is 6. The summed E-state index contributed by atoms with van der Waals surface area (Å²) in [7, 11) is 1.63. The van der Waals surface area contributed by atoms with Crippen molar-refractivity contribution in [1.82, 2.24) is 15.5 Å². The van der Waals surface area contributed by atoms with Gasteiger partial charge in [0, 0.05) is 41.7 Å². The third kappa shape index (κ3) is 5.34. The summed E-state index contributed by atoms with van der Waals surface area (Å²) in [6.07, 6.45) is 2.88. The van der Waals surface area contributed by atoms with Crippen molar-refractivity contribution in [3.8, 4) is 11.5 Å². The van der Waals surface area contributed by atoms with E-state index in [4.69, 9.17) is 19.6 Å². The van der Waals surface area contributed by atoms with Crippen LogP contribution in [0.5, 0.6) is 11.5 Å². The van der Waals surface area contributed by atoms with Crippen LogP contribution in [0.2, 0.25) is 0 Å². The summed E-state index contributed by atoms with van der Waals surface area (Å²) in [6.45, 7) is 6.47. The number of hydrogen-bond acceptors (Lipinski definition) is 7. The van der Waals surface area contributed by atoms with Gasteiger partial charge < -0.3 is 40.0 Å². The van der Waals surface area contributed by atoms with Gasteiger partial charge in [0.1, 0.15) is 29.4 Å². The molecule has 10 nitrogen and oxygen atoms in total. The monoisotopic (exact) mass is 592 g/mol. The van der Waals surface area contributed by atoms with E-state index in [1.807, 2.05) is 26.0 Å². The molecule has 43 heavy (non-hydrogen) atoms. The summed E-state index contributed by atoms with van der Waals surface area (Å²) in [5.41, 5.74) is 1.69. The predicted molar refractivity (Wildman–Crippen MR) is 161 cm³/mol. The van der Waals surface area contributed by atoms with Crippen LogP contribution in [0.25, 0.3) is 0 Å². The van der Waals surface area contributed by atoms with E-state index in [1.165, 1.54) is 0 Å². The first kappa shape index (κ1) is 29.7. The van der Waals surface area contributed by atoms with Gasteiger partial charge in [-0.1, -0.05) is 19.4 Å². The lowest BCUT2D eigenvalue weighted by molar-refractivity contribution is -0.0628. The number of carbonyl (C=O) groups is 1. The number of hydrogen-bond donors (Lipinski definition) is 5. The topological polar surface area (TPSA) is 136 Å². The highest BCUT2D eigenvalue weighted by Crippen LogP contribution is 2.45. The van der Waals surface area contributed by atoms with Crippen molar-refractivity contribution in [3.05, 3.63) is 58.7 Å². The Hall–Kier alpha value is -3.34. The number of carbonyl (C=O) groups excluding carboxylic acids is 1. The number of methoxy groups -OCH3 is 1. The van der Waals surface area contributed by atoms with Crippen molar-refractivity contribution in [2.75, 3.05) is 20.3 Å². The van der Waals surface area contributed by atoms with Gasteiger partial charge in [0.25, 0.3) is 5.91 Å². The highest BCUT2D eigenvalue weighted by Gasteiger charge is 2.47. The molecule has 0 spiro atoms. The van der Waals surface area contributed by atoms with E-state index in [2.05, 4.69) is 23.6 Å². The maximum Gasteiger partial charge on any atom is 0.251 e. The standard InChI is InChI=1S/C33H44N4O6/c1-5-33-13-7-6-8-19-9-11-25-22(14-19)27(29(39)32(2,3)43-25)35-30(40)20-10-12-24-23(15-20)28(21(17-41-4)18-42-24)37(26(38)16-33)31(34)36-33/h9-12,14-15,21,26-29,38-39H,5-8,13,16-18H2,1-4H3,(H2,34,36)(H,35,40)/t21-,26?,27-,28-,29+,33-/m1/s1. The molecule has 2 aromatic rings. The quantitative estimate of drug-likeness (QED) is 0.363. The fraction of sp³-hybridized carbons (Fsp3) is 0.576. The van der Waals surface area contributed by atoms with E-state index in [-0.39, 0.29) is 17.8 Å². The molecule has 5 aliphatic rings. The third-order valence-electron chi connectivity index (χ3n) is 9.85. The van der Waals surface area contributed by atoms with Crippen LogP contribution < -0.4 is 20.1 Å². The lowest BCUT2D eigenvalue weighted by Crippen LogP contribution is -2.65. The smallest absolute Gasteiger partial charge is 0.251 e. The fourth-order valence-corrected chi connectivity index (χ4v) is 7.37. The molecule has 0 aromatic heterocycles. The van der Waals surface area contributed by atoms with Gasteiger partial charge in [-0.05, 0) is 75.4 Å². The Morgan fingerprint density at radius 1 is 1.12 bits per heavy atom. The number of nitrogens with zero attached hydrogens (tertiary/aromatic N) is 1. The molecule has 6 bridgehead atoms. The number of aryl methyl sites for hydroxylation is 1. The molecule has 1 saturated heterocycles. The van der Waals surface area contributed by atoms with E-state index < -0.39 is 35.6 Å². The fourth-order valence-electron chi connectivity index (χ4n) is 7.37. The summed E-state index contributed by atoms with van der Waals surface area (Å²) in [5, 5.41) is 38.8. The number of aliphatic hydroxyl groups excluding tert-OH is 2. The molecule has 0 radical (unpaired) electrons. The molecule has 1 amide bonds. The number of nitrogens with one attached hydrogen (secondary N) is 3. The summed E-state index contributed by atoms with van der Waals surface area (Å²) in [6, 6.07) is 10.2. The number of benzene rings is 2. The molecule has 7 rings (SSSR count). The van der Waals surface area contributed by atoms with Gasteiger partial charge in [0.15, 0.2) is 5.96 Å². The Labute approximate surface area is 253 Å². The minimum absolute atomic E-state index is 0.170. The average Bonchev–Trinajstić information content (AvgIpc) is 2.97. The van der Waals surface area contributed by atoms with Crippen molar-refractivity contribution in [3.63, 3.8) is 0 Å². The van der Waals surface area contributed by atoms with Crippen molar-refractivity contribution in [2.24, 2.45) is 5.92 Å². The summed E-state index contributed by atoms with van der Waals surface area (Å²) >= 11 is 0. The largest absolute Gasteiger partial charge is 0.493 e. The van der Waals surface area contributed by atoms with E-state index in [1.54, 1.807) is 30.2 Å². The Balaban J connectivity index is 1.46. The van der Waals surface area contributed by atoms with Crippen LogP contribution >= 0.6 is 0 Å². The zero-order chi connectivity index (χ0) is 30.5. The Bertz CT molecular complexity index is 1400. The molecule has 2 aromatic carbocycles. The van der Waals surface area contributed by atoms with Crippen LogP contribution in [0.3, 0.4) is 0 Å². The van der Waals surface area contributed by atoms with Gasteiger partial charge in [0.2, 0.25) is 0 Å². The van der Waals surface area contributed by atoms with Gasteiger partial charge in [-0.15, -0.1) is 0 Å². The van der Waals surface area contributed by atoms with E-state index in [0.717, 1.165) is 43.2 Å². The minimum atomic E-state index is -0.974. The molecule has 0 saturated carbocycles. The second-order valence-electron chi connectivity index (χ2n) is 13.1. The molecule has 0 aliphatic carbocycles. The van der Waals surface area contributed by atoms with Crippen LogP contribution in [0.15, 0.2) is 36.4 Å². The molecule has 1 unspecified atom stereocenters. The summed E-state index contributed by atoms with van der Waals surface area (Å²) in [5.74, 6) is 0.913. The van der Waals surface area contributed by atoms with Gasteiger partial charge >= 0.3 is 0 Å². The number of aliphatic hydroxyl groups is 2. The zero-order valence-corrected chi connectivity index (χ0v) is 25.5. The highest BCUT2D eigenvalue weighted by atomic mass is 16.5. The first-order chi connectivity index (χ1) is 20.6. The van der Waals surface area contributed by atoms with Crippen molar-refractivity contribution in [2.45, 2.75) is 94.9 Å². The lowest BCUT2D eigenvalue weighted by Gasteiger charge is -2.51. The van der Waals surface area contributed by atoms with Gasteiger partial charge in [-0.2, -0.15) is 0 Å². The molecular formula is C33H44N4O6. The first-order valence-electron chi connectivity index (χ1n) is 15.5. The lowest BCUT2D eigenvalue weighted by atomic mass is 9.81. The third-order valence-corrected chi connectivity index (χ3v) is 9.85. The van der Waals surface area contributed by atoms with E-state index in [9.17, 15) is 15.0 Å². The van der Waals surface area contributed by atoms with Crippen LogP contribution in [0, 0.1) is 11.3 Å². The molecule has 1 fully saturated rings. The second kappa shape index (κ2) is 11.3. The van der Waals surface area contributed by atoms with Crippen LogP contribution in [-0.4, -0.2) is 70.8 Å². The van der Waals surface area contributed by atoms with Gasteiger partial charge in [-0.3, -0.25) is 10.2 Å². The number of rotatable bonds is 3. The van der Waals surface area contributed by atoms with Crippen molar-refractivity contribution >= 4 is 11.9 Å². The molecule has 6 atom stereocenters. The normalized spacial score (nSPS) is 31.6. The maximum absolute atomic E-state index is 13.9. The summed E-state index contributed by atoms with van der Waals surface area (Å²) in [4.78, 5) is 15.6. The van der Waals surface area contributed by atoms with E-state index >= 15 is 0 Å². The van der Waals surface area contributed by atoms with Crippen molar-refractivity contribution in [1.29, 1.82) is 5.41 Å². The summed E-state index contributed by atoms with van der Waals surface area (Å²) < 4.78 is 17.8. The Morgan fingerprint density at radius 2 is 1.91 bits per heavy atom. The number of amides is 1. The van der Waals surface area contributed by atoms with Gasteiger partial charge in [-0.25, -0.2) is 0 Å². The Morgan fingerprint density at radius 3 is 2.65 bits per heavy atom. The minimum Gasteiger partial charge on any atom is -0.493 e. The molecule has 232 valence electrons. The SMILES string of the molecule is CC[C@]12CCCCc3ccc4c(c3)[C@@H](NC(=O)c3ccc5c(c3)[C@@H]([C@H](COC)CO5)N(C(=N)N1)C(O)C2)[C@H](O)C(C)(C)O4. The van der Waals surface area contributed by atoms with Crippen LogP contribution in [-0.2, 0) is 11.2 Å². The van der Waals surface area contributed by atoms with Crippen LogP contribution in [0.4, 0.5) is 0 Å². The molecule has 5 heterocycles. The first-order valence-corrected chi connectivity index (χ1v) is 15.5. The molecule has 5 N–H and O–H groups in total. The second-order valence-corrected chi connectivity index (χ2v) is 13.1. The van der Waals surface area contributed by atoms with Crippen molar-refractivity contribution < 1.29 is 29.2 Å². The average molecular weight is 593 g/mol. The number of guanidine groups is 1. The van der Waals surface area contributed by atoms with Gasteiger partial charge in [0.05, 0.1) is 25.3 Å². The maximum atomic E-state index is 13.9. The molecule has 10 heteroatoms. The Kier molecular flexibility index (Phi) is 7.81. The number of ether oxygens (including phenoxy) is 3. The predicted octanol–water partition coefficient (Wildman–Crippen LogP) is 3.81. The zero-order valence-electron chi connectivity index (χ0n) is 25.5. The molecule has 5 aliphatic heterocycles. The highest BCUT2D eigenvalue weighted by molar-refractivity contribution is 5.95.